The summed E-state index contributed by atoms with van der Waals surface area (Å²) in [6, 6.07) is 0. The lowest BCUT2D eigenvalue weighted by molar-refractivity contribution is 0.111. The molecule has 1 amide bonds. The highest BCUT2D eigenvalue weighted by Crippen LogP contribution is 2.12. The second-order valence-corrected chi connectivity index (χ2v) is 6.75. The van der Waals surface area contributed by atoms with Gasteiger partial charge >= 0.3 is 6.09 Å². The maximum absolute atomic E-state index is 11.3. The largest absolute Gasteiger partial charge is 0.448 e. The van der Waals surface area contributed by atoms with Crippen molar-refractivity contribution in [2.75, 3.05) is 12.4 Å². The van der Waals surface area contributed by atoms with Gasteiger partial charge in [-0.25, -0.2) is 17.9 Å². The minimum atomic E-state index is -3.54. The highest BCUT2D eigenvalue weighted by atomic mass is 32.2. The van der Waals surface area contributed by atoms with Crippen LogP contribution in [0.3, 0.4) is 0 Å². The van der Waals surface area contributed by atoms with E-state index in [1.165, 1.54) is 0 Å². The SMILES string of the molecule is CCCCS(=O)(=O)NC(=O)OCC(C)(C)C. The first-order valence-electron chi connectivity index (χ1n) is 5.33. The normalized spacial score (nSPS) is 12.2. The molecule has 0 unspecified atom stereocenters. The lowest BCUT2D eigenvalue weighted by Crippen LogP contribution is -2.34. The Morgan fingerprint density at radius 2 is 1.88 bits per heavy atom. The van der Waals surface area contributed by atoms with Gasteiger partial charge in [0.15, 0.2) is 0 Å². The fourth-order valence-electron chi connectivity index (χ4n) is 0.824. The summed E-state index contributed by atoms with van der Waals surface area (Å²) < 4.78 is 29.3. The molecule has 0 spiro atoms. The Morgan fingerprint density at radius 3 is 2.31 bits per heavy atom. The van der Waals surface area contributed by atoms with Crippen molar-refractivity contribution in [3.63, 3.8) is 0 Å². The maximum atomic E-state index is 11.3. The number of ether oxygens (including phenoxy) is 1. The van der Waals surface area contributed by atoms with Crippen LogP contribution in [0.4, 0.5) is 4.79 Å². The Kier molecular flexibility index (Phi) is 5.78. The van der Waals surface area contributed by atoms with Crippen molar-refractivity contribution in [1.29, 1.82) is 0 Å². The Hall–Kier alpha value is -0.780. The first kappa shape index (κ1) is 15.2. The molecule has 1 N–H and O–H groups in total. The molecule has 0 fully saturated rings. The number of amides is 1. The Balaban J connectivity index is 4.05. The molecule has 0 aliphatic heterocycles. The van der Waals surface area contributed by atoms with Gasteiger partial charge in [0.2, 0.25) is 10.0 Å². The van der Waals surface area contributed by atoms with Crippen LogP contribution in [-0.2, 0) is 14.8 Å². The number of rotatable bonds is 5. The Labute approximate surface area is 97.6 Å². The van der Waals surface area contributed by atoms with Crippen LogP contribution in [0.15, 0.2) is 0 Å². The highest BCUT2D eigenvalue weighted by molar-refractivity contribution is 7.90. The van der Waals surface area contributed by atoms with Crippen molar-refractivity contribution < 1.29 is 17.9 Å². The van der Waals surface area contributed by atoms with Crippen LogP contribution >= 0.6 is 0 Å². The number of nitrogens with one attached hydrogen (secondary N) is 1. The van der Waals surface area contributed by atoms with Crippen molar-refractivity contribution >= 4 is 16.1 Å². The van der Waals surface area contributed by atoms with Crippen LogP contribution in [0, 0.1) is 5.41 Å². The lowest BCUT2D eigenvalue weighted by Gasteiger charge is -2.17. The van der Waals surface area contributed by atoms with Gasteiger partial charge < -0.3 is 4.74 Å². The van der Waals surface area contributed by atoms with E-state index in [1.54, 1.807) is 0 Å². The number of hydrogen-bond acceptors (Lipinski definition) is 4. The van der Waals surface area contributed by atoms with E-state index in [2.05, 4.69) is 0 Å². The zero-order valence-corrected chi connectivity index (χ0v) is 11.2. The lowest BCUT2D eigenvalue weighted by atomic mass is 9.99. The first-order chi connectivity index (χ1) is 7.16. The number of unbranched alkanes of at least 4 members (excludes halogenated alkanes) is 1. The molecule has 6 heteroatoms. The summed E-state index contributed by atoms with van der Waals surface area (Å²) in [6.07, 6.45) is 0.394. The van der Waals surface area contributed by atoms with Crippen LogP contribution in [0.5, 0.6) is 0 Å². The van der Waals surface area contributed by atoms with Gasteiger partial charge in [0.1, 0.15) is 0 Å². The molecule has 0 aromatic carbocycles. The third-order valence-electron chi connectivity index (χ3n) is 1.64. The summed E-state index contributed by atoms with van der Waals surface area (Å²) in [4.78, 5) is 11.2. The maximum Gasteiger partial charge on any atom is 0.420 e. The molecule has 0 bridgehead atoms. The standard InChI is InChI=1S/C10H21NO4S/c1-5-6-7-16(13,14)11-9(12)15-8-10(2,3)4/h5-8H2,1-4H3,(H,11,12). The monoisotopic (exact) mass is 251 g/mol. The average molecular weight is 251 g/mol. The molecule has 96 valence electrons. The molecular formula is C10H21NO4S. The molecular weight excluding hydrogens is 230 g/mol. The van der Waals surface area contributed by atoms with E-state index >= 15 is 0 Å². The predicted octanol–water partition coefficient (Wildman–Crippen LogP) is 1.89. The highest BCUT2D eigenvalue weighted by Gasteiger charge is 2.18. The van der Waals surface area contributed by atoms with Crippen LogP contribution in [0.1, 0.15) is 40.5 Å². The van der Waals surface area contributed by atoms with Crippen molar-refractivity contribution in [2.45, 2.75) is 40.5 Å². The predicted molar refractivity (Wildman–Crippen MR) is 62.6 cm³/mol. The fraction of sp³-hybridized carbons (Fsp3) is 0.900. The van der Waals surface area contributed by atoms with Gasteiger partial charge in [-0.2, -0.15) is 0 Å². The van der Waals surface area contributed by atoms with Gasteiger partial charge in [-0.3, -0.25) is 0 Å². The smallest absolute Gasteiger partial charge is 0.420 e. The van der Waals surface area contributed by atoms with E-state index in [-0.39, 0.29) is 17.8 Å². The molecule has 0 aromatic heterocycles. The van der Waals surface area contributed by atoms with Gasteiger partial charge in [0.25, 0.3) is 0 Å². The van der Waals surface area contributed by atoms with Gasteiger partial charge in [0.05, 0.1) is 12.4 Å². The topological polar surface area (TPSA) is 72.5 Å². The first-order valence-corrected chi connectivity index (χ1v) is 6.99. The Morgan fingerprint density at radius 1 is 1.31 bits per heavy atom. The molecule has 0 aliphatic carbocycles. The van der Waals surface area contributed by atoms with E-state index in [0.29, 0.717) is 6.42 Å². The van der Waals surface area contributed by atoms with Crippen LogP contribution in [0.25, 0.3) is 0 Å². The zero-order chi connectivity index (χ0) is 12.8. The van der Waals surface area contributed by atoms with E-state index in [0.717, 1.165) is 6.42 Å². The fourth-order valence-corrected chi connectivity index (χ4v) is 1.91. The minimum Gasteiger partial charge on any atom is -0.448 e. The van der Waals surface area contributed by atoms with E-state index < -0.39 is 16.1 Å². The molecule has 0 rings (SSSR count). The molecule has 0 atom stereocenters. The van der Waals surface area contributed by atoms with Crippen molar-refractivity contribution in [3.8, 4) is 0 Å². The molecule has 0 radical (unpaired) electrons. The molecule has 16 heavy (non-hydrogen) atoms. The van der Waals surface area contributed by atoms with E-state index in [1.807, 2.05) is 32.4 Å². The van der Waals surface area contributed by atoms with Gasteiger partial charge in [0, 0.05) is 0 Å². The van der Waals surface area contributed by atoms with Crippen LogP contribution in [0.2, 0.25) is 0 Å². The molecule has 5 nitrogen and oxygen atoms in total. The zero-order valence-electron chi connectivity index (χ0n) is 10.4. The molecule has 0 heterocycles. The minimum absolute atomic E-state index is 0.0475. The van der Waals surface area contributed by atoms with Crippen LogP contribution < -0.4 is 4.72 Å². The summed E-state index contributed by atoms with van der Waals surface area (Å²) in [7, 11) is -3.54. The molecule has 0 saturated carbocycles. The van der Waals surface area contributed by atoms with Crippen molar-refractivity contribution in [2.24, 2.45) is 5.41 Å². The van der Waals surface area contributed by atoms with Crippen molar-refractivity contribution in [1.82, 2.24) is 4.72 Å². The summed E-state index contributed by atoms with van der Waals surface area (Å²) in [5.41, 5.74) is -0.176. The van der Waals surface area contributed by atoms with Gasteiger partial charge in [-0.15, -0.1) is 0 Å². The second kappa shape index (κ2) is 6.08. The van der Waals surface area contributed by atoms with Crippen molar-refractivity contribution in [3.05, 3.63) is 0 Å². The molecule has 0 aliphatic rings. The summed E-state index contributed by atoms with van der Waals surface area (Å²) >= 11 is 0. The van der Waals surface area contributed by atoms with Gasteiger partial charge in [-0.05, 0) is 11.8 Å². The number of sulfonamides is 1. The number of carbonyl (C=O) groups is 1. The van der Waals surface area contributed by atoms with Crippen LogP contribution in [-0.4, -0.2) is 26.9 Å². The Bertz CT molecular complexity index is 316. The number of carbonyl (C=O) groups excluding carboxylic acids is 1. The van der Waals surface area contributed by atoms with Gasteiger partial charge in [-0.1, -0.05) is 34.1 Å². The summed E-state index contributed by atoms with van der Waals surface area (Å²) in [6.45, 7) is 7.75. The van der Waals surface area contributed by atoms with E-state index in [9.17, 15) is 13.2 Å². The molecule has 0 aromatic rings. The number of hydrogen-bond donors (Lipinski definition) is 1. The third kappa shape index (κ3) is 8.52. The average Bonchev–Trinajstić information content (AvgIpc) is 2.10. The summed E-state index contributed by atoms with van der Waals surface area (Å²) in [5, 5.41) is 0. The molecule has 0 saturated heterocycles. The van der Waals surface area contributed by atoms with E-state index in [4.69, 9.17) is 4.74 Å². The quantitative estimate of drug-likeness (QED) is 0.809. The summed E-state index contributed by atoms with van der Waals surface area (Å²) in [5.74, 6) is -0.0475. The second-order valence-electron chi connectivity index (χ2n) is 4.91. The third-order valence-corrected chi connectivity index (χ3v) is 2.95.